The minimum Gasteiger partial charge on any atom is -0.343 e. The van der Waals surface area contributed by atoms with Crippen LogP contribution in [0.2, 0.25) is 0 Å². The first-order valence-electron chi connectivity index (χ1n) is 13.5. The van der Waals surface area contributed by atoms with Crippen LogP contribution in [0, 0.1) is 5.92 Å². The van der Waals surface area contributed by atoms with Gasteiger partial charge in [0.15, 0.2) is 0 Å². The van der Waals surface area contributed by atoms with Crippen LogP contribution in [0.3, 0.4) is 0 Å². The van der Waals surface area contributed by atoms with E-state index in [1.165, 1.54) is 0 Å². The molecule has 3 amide bonds. The SMILES string of the molecule is CNC(C)C(=O)NC(C(=O)N1Cc2ccccc2CC1C(=O)NC(c1ccccc1)c1ccccc1)C(C)C. The Kier molecular flexibility index (Phi) is 9.15. The molecule has 3 aromatic rings. The summed E-state index contributed by atoms with van der Waals surface area (Å²) in [5.41, 5.74) is 3.97. The Morgan fingerprint density at radius 3 is 1.85 bits per heavy atom. The lowest BCUT2D eigenvalue weighted by molar-refractivity contribution is -0.146. The average Bonchev–Trinajstić information content (AvgIpc) is 2.97. The van der Waals surface area contributed by atoms with Crippen LogP contribution in [0.1, 0.15) is 49.1 Å². The Morgan fingerprint density at radius 2 is 1.31 bits per heavy atom. The van der Waals surface area contributed by atoms with E-state index in [0.717, 1.165) is 22.3 Å². The zero-order valence-corrected chi connectivity index (χ0v) is 23.1. The van der Waals surface area contributed by atoms with E-state index < -0.39 is 18.1 Å². The highest BCUT2D eigenvalue weighted by molar-refractivity contribution is 5.94. The van der Waals surface area contributed by atoms with Crippen LogP contribution in [0.25, 0.3) is 0 Å². The molecule has 1 aliphatic rings. The second-order valence-electron chi connectivity index (χ2n) is 10.5. The zero-order chi connectivity index (χ0) is 27.9. The number of carbonyl (C=O) groups is 3. The topological polar surface area (TPSA) is 90.5 Å². The van der Waals surface area contributed by atoms with Gasteiger partial charge in [0, 0.05) is 13.0 Å². The fourth-order valence-corrected chi connectivity index (χ4v) is 4.98. The molecule has 0 aliphatic carbocycles. The van der Waals surface area contributed by atoms with Crippen molar-refractivity contribution in [3.8, 4) is 0 Å². The van der Waals surface area contributed by atoms with Crippen LogP contribution in [0.5, 0.6) is 0 Å². The molecule has 3 N–H and O–H groups in total. The largest absolute Gasteiger partial charge is 0.343 e. The zero-order valence-electron chi connectivity index (χ0n) is 23.1. The van der Waals surface area contributed by atoms with Gasteiger partial charge in [0.1, 0.15) is 12.1 Å². The van der Waals surface area contributed by atoms with E-state index in [-0.39, 0.29) is 29.7 Å². The number of carbonyl (C=O) groups excluding carboxylic acids is 3. The molecule has 7 heteroatoms. The summed E-state index contributed by atoms with van der Waals surface area (Å²) in [6.07, 6.45) is 0.399. The first-order chi connectivity index (χ1) is 18.8. The first kappa shape index (κ1) is 28.0. The van der Waals surface area contributed by atoms with Gasteiger partial charge < -0.3 is 20.9 Å². The molecule has 1 aliphatic heterocycles. The normalized spacial score (nSPS) is 16.4. The van der Waals surface area contributed by atoms with Crippen LogP contribution in [0.15, 0.2) is 84.9 Å². The number of likely N-dealkylation sites (N-methyl/N-ethyl adjacent to an activating group) is 1. The van der Waals surface area contributed by atoms with Crippen molar-refractivity contribution < 1.29 is 14.4 Å². The number of hydrogen-bond acceptors (Lipinski definition) is 4. The van der Waals surface area contributed by atoms with Gasteiger partial charge in [0.25, 0.3) is 0 Å². The summed E-state index contributed by atoms with van der Waals surface area (Å²) < 4.78 is 0. The van der Waals surface area contributed by atoms with Gasteiger partial charge in [-0.3, -0.25) is 14.4 Å². The summed E-state index contributed by atoms with van der Waals surface area (Å²) in [6.45, 7) is 5.86. The van der Waals surface area contributed by atoms with E-state index >= 15 is 0 Å². The molecule has 0 saturated carbocycles. The maximum absolute atomic E-state index is 14.0. The molecule has 4 rings (SSSR count). The molecular weight excluding hydrogens is 488 g/mol. The van der Waals surface area contributed by atoms with Crippen molar-refractivity contribution in [3.63, 3.8) is 0 Å². The Balaban J connectivity index is 1.66. The van der Waals surface area contributed by atoms with Crippen LogP contribution in [-0.2, 0) is 27.3 Å². The monoisotopic (exact) mass is 526 g/mol. The minimum absolute atomic E-state index is 0.159. The molecule has 7 nitrogen and oxygen atoms in total. The van der Waals surface area contributed by atoms with E-state index in [1.54, 1.807) is 18.9 Å². The third kappa shape index (κ3) is 6.55. The third-order valence-electron chi connectivity index (χ3n) is 7.44. The van der Waals surface area contributed by atoms with Gasteiger partial charge in [-0.2, -0.15) is 0 Å². The molecule has 0 saturated heterocycles. The highest BCUT2D eigenvalue weighted by Gasteiger charge is 2.39. The molecule has 0 spiro atoms. The van der Waals surface area contributed by atoms with Crippen LogP contribution >= 0.6 is 0 Å². The lowest BCUT2D eigenvalue weighted by atomic mass is 9.91. The lowest BCUT2D eigenvalue weighted by Gasteiger charge is -2.39. The fourth-order valence-electron chi connectivity index (χ4n) is 4.98. The predicted octanol–water partition coefficient (Wildman–Crippen LogP) is 3.59. The van der Waals surface area contributed by atoms with Gasteiger partial charge in [0.2, 0.25) is 17.7 Å². The number of rotatable bonds is 9. The summed E-state index contributed by atoms with van der Waals surface area (Å²) in [5, 5.41) is 9.08. The van der Waals surface area contributed by atoms with E-state index in [1.807, 2.05) is 98.8 Å². The van der Waals surface area contributed by atoms with Crippen LogP contribution < -0.4 is 16.0 Å². The molecular formula is C32H38N4O3. The molecule has 39 heavy (non-hydrogen) atoms. The van der Waals surface area contributed by atoms with Crippen LogP contribution in [-0.4, -0.2) is 47.8 Å². The summed E-state index contributed by atoms with van der Waals surface area (Å²) in [7, 11) is 1.70. The van der Waals surface area contributed by atoms with Crippen molar-refractivity contribution in [2.24, 2.45) is 5.92 Å². The average molecular weight is 527 g/mol. The molecule has 3 unspecified atom stereocenters. The number of amides is 3. The Morgan fingerprint density at radius 1 is 0.769 bits per heavy atom. The Labute approximate surface area is 231 Å². The van der Waals surface area contributed by atoms with Gasteiger partial charge in [-0.1, -0.05) is 98.8 Å². The minimum atomic E-state index is -0.757. The van der Waals surface area contributed by atoms with Crippen molar-refractivity contribution in [2.75, 3.05) is 7.05 Å². The highest BCUT2D eigenvalue weighted by atomic mass is 16.2. The molecule has 0 bridgehead atoms. The summed E-state index contributed by atoms with van der Waals surface area (Å²) in [6, 6.07) is 25.3. The van der Waals surface area contributed by atoms with Crippen molar-refractivity contribution in [1.82, 2.24) is 20.9 Å². The van der Waals surface area contributed by atoms with E-state index in [9.17, 15) is 14.4 Å². The number of hydrogen-bond donors (Lipinski definition) is 3. The number of benzene rings is 3. The van der Waals surface area contributed by atoms with Crippen molar-refractivity contribution in [1.29, 1.82) is 0 Å². The van der Waals surface area contributed by atoms with Gasteiger partial charge in [-0.25, -0.2) is 0 Å². The Hall–Kier alpha value is -3.97. The Bertz CT molecular complexity index is 1240. The van der Waals surface area contributed by atoms with Crippen LogP contribution in [0.4, 0.5) is 0 Å². The van der Waals surface area contributed by atoms with Gasteiger partial charge >= 0.3 is 0 Å². The summed E-state index contributed by atoms with van der Waals surface area (Å²) in [4.78, 5) is 42.5. The highest BCUT2D eigenvalue weighted by Crippen LogP contribution is 2.27. The summed E-state index contributed by atoms with van der Waals surface area (Å²) >= 11 is 0. The lowest BCUT2D eigenvalue weighted by Crippen LogP contribution is -2.60. The number of fused-ring (bicyclic) bond motifs is 1. The molecule has 1 heterocycles. The summed E-state index contributed by atoms with van der Waals surface area (Å²) in [5.74, 6) is -0.899. The maximum Gasteiger partial charge on any atom is 0.246 e. The second-order valence-corrected chi connectivity index (χ2v) is 10.5. The smallest absolute Gasteiger partial charge is 0.246 e. The fraction of sp³-hybridized carbons (Fsp3) is 0.344. The van der Waals surface area contributed by atoms with E-state index in [2.05, 4.69) is 16.0 Å². The third-order valence-corrected chi connectivity index (χ3v) is 7.44. The van der Waals surface area contributed by atoms with Gasteiger partial charge in [-0.05, 0) is 42.1 Å². The van der Waals surface area contributed by atoms with E-state index in [4.69, 9.17) is 0 Å². The van der Waals surface area contributed by atoms with Gasteiger partial charge in [0.05, 0.1) is 12.1 Å². The molecule has 3 aromatic carbocycles. The first-order valence-corrected chi connectivity index (χ1v) is 13.5. The number of nitrogens with zero attached hydrogens (tertiary/aromatic N) is 1. The quantitative estimate of drug-likeness (QED) is 0.398. The molecule has 0 aromatic heterocycles. The molecule has 204 valence electrons. The molecule has 0 fully saturated rings. The van der Waals surface area contributed by atoms with Gasteiger partial charge in [-0.15, -0.1) is 0 Å². The van der Waals surface area contributed by atoms with Crippen molar-refractivity contribution >= 4 is 17.7 Å². The van der Waals surface area contributed by atoms with Crippen molar-refractivity contribution in [2.45, 2.75) is 57.9 Å². The maximum atomic E-state index is 14.0. The van der Waals surface area contributed by atoms with E-state index in [0.29, 0.717) is 13.0 Å². The predicted molar refractivity (Wildman–Crippen MR) is 153 cm³/mol. The standard InChI is InChI=1S/C32H38N4O3/c1-21(2)28(34-30(37)22(3)33-4)32(39)36-20-26-18-12-11-17-25(26)19-27(36)31(38)35-29(23-13-7-5-8-14-23)24-15-9-6-10-16-24/h5-18,21-22,27-29,33H,19-20H2,1-4H3,(H,34,37)(H,35,38). The molecule has 3 atom stereocenters. The second kappa shape index (κ2) is 12.7. The molecule has 0 radical (unpaired) electrons. The van der Waals surface area contributed by atoms with Crippen molar-refractivity contribution in [3.05, 3.63) is 107 Å². The number of nitrogens with one attached hydrogen (secondary N) is 3.